The molecule has 0 bridgehead atoms. The first-order valence-corrected chi connectivity index (χ1v) is 7.13. The largest absolute Gasteiger partial charge is 0.497 e. The smallest absolute Gasteiger partial charge is 0.128 e. The molecule has 22 heavy (non-hydrogen) atoms. The molecule has 0 amide bonds. The molecule has 1 aromatic heterocycles. The van der Waals surface area contributed by atoms with Gasteiger partial charge in [-0.2, -0.15) is 0 Å². The van der Waals surface area contributed by atoms with Gasteiger partial charge in [-0.1, -0.05) is 18.2 Å². The Kier molecular flexibility index (Phi) is 3.81. The molecular weight excluding hydrogens is 281 g/mol. The van der Waals surface area contributed by atoms with Crippen molar-refractivity contribution in [3.05, 3.63) is 59.7 Å². The van der Waals surface area contributed by atoms with Gasteiger partial charge in [-0.25, -0.2) is 9.37 Å². The highest BCUT2D eigenvalue weighted by atomic mass is 19.1. The maximum Gasteiger partial charge on any atom is 0.128 e. The highest BCUT2D eigenvalue weighted by Crippen LogP contribution is 2.25. The number of imidazole rings is 1. The summed E-state index contributed by atoms with van der Waals surface area (Å²) in [5.74, 6) is 1.24. The summed E-state index contributed by atoms with van der Waals surface area (Å²) in [4.78, 5) is 4.58. The highest BCUT2D eigenvalue weighted by molar-refractivity contribution is 5.78. The molecule has 0 aliphatic heterocycles. The van der Waals surface area contributed by atoms with Gasteiger partial charge in [-0.05, 0) is 25.1 Å². The number of halogens is 1. The molecule has 114 valence electrons. The molecule has 0 aliphatic rings. The molecule has 0 spiro atoms. The van der Waals surface area contributed by atoms with Crippen molar-refractivity contribution in [1.29, 1.82) is 0 Å². The maximum absolute atomic E-state index is 13.9. The fourth-order valence-corrected chi connectivity index (χ4v) is 2.57. The van der Waals surface area contributed by atoms with Crippen LogP contribution in [-0.2, 0) is 6.54 Å². The first-order valence-electron chi connectivity index (χ1n) is 7.13. The third-order valence-electron chi connectivity index (χ3n) is 3.68. The predicted molar refractivity (Wildman–Crippen MR) is 84.4 cm³/mol. The van der Waals surface area contributed by atoms with Gasteiger partial charge < -0.3 is 15.0 Å². The minimum atomic E-state index is -0.245. The third kappa shape index (κ3) is 2.55. The van der Waals surface area contributed by atoms with E-state index in [1.165, 1.54) is 6.07 Å². The second-order valence-electron chi connectivity index (χ2n) is 5.29. The monoisotopic (exact) mass is 299 g/mol. The number of nitrogens with zero attached hydrogens (tertiary/aromatic N) is 2. The fourth-order valence-electron chi connectivity index (χ4n) is 2.57. The van der Waals surface area contributed by atoms with Gasteiger partial charge in [0.1, 0.15) is 17.4 Å². The number of benzene rings is 2. The van der Waals surface area contributed by atoms with Crippen LogP contribution in [0.1, 0.15) is 24.4 Å². The van der Waals surface area contributed by atoms with Crippen LogP contribution < -0.4 is 10.5 Å². The molecule has 0 saturated carbocycles. The summed E-state index contributed by atoms with van der Waals surface area (Å²) < 4.78 is 21.1. The van der Waals surface area contributed by atoms with Gasteiger partial charge in [0, 0.05) is 11.6 Å². The van der Waals surface area contributed by atoms with E-state index >= 15 is 0 Å². The molecule has 4 nitrogen and oxygen atoms in total. The minimum absolute atomic E-state index is 0.228. The zero-order valence-corrected chi connectivity index (χ0v) is 12.6. The molecule has 0 aliphatic carbocycles. The van der Waals surface area contributed by atoms with Crippen molar-refractivity contribution in [3.63, 3.8) is 0 Å². The van der Waals surface area contributed by atoms with Gasteiger partial charge in [0.25, 0.3) is 0 Å². The number of hydrogen-bond acceptors (Lipinski definition) is 3. The Morgan fingerprint density at radius 1 is 1.27 bits per heavy atom. The molecule has 0 fully saturated rings. The number of hydrogen-bond donors (Lipinski definition) is 1. The van der Waals surface area contributed by atoms with E-state index in [1.54, 1.807) is 19.2 Å². The summed E-state index contributed by atoms with van der Waals surface area (Å²) >= 11 is 0. The zero-order chi connectivity index (χ0) is 15.7. The van der Waals surface area contributed by atoms with Gasteiger partial charge in [-0.15, -0.1) is 0 Å². The standard InChI is InChI=1S/C17H18FN3O/c1-11(19)17-20-15-9-13(22-2)7-8-16(15)21(17)10-12-5-3-4-6-14(12)18/h3-9,11H,10,19H2,1-2H3. The first-order chi connectivity index (χ1) is 10.6. The van der Waals surface area contributed by atoms with Crippen molar-refractivity contribution in [2.45, 2.75) is 19.5 Å². The van der Waals surface area contributed by atoms with Crippen LogP contribution in [0.2, 0.25) is 0 Å². The number of rotatable bonds is 4. The Balaban J connectivity index is 2.14. The van der Waals surface area contributed by atoms with Crippen LogP contribution in [0.4, 0.5) is 4.39 Å². The molecule has 2 aromatic carbocycles. The number of nitrogens with two attached hydrogens (primary N) is 1. The van der Waals surface area contributed by atoms with Crippen LogP contribution in [0.3, 0.4) is 0 Å². The van der Waals surface area contributed by atoms with Crippen molar-refractivity contribution < 1.29 is 9.13 Å². The van der Waals surface area contributed by atoms with Gasteiger partial charge in [0.2, 0.25) is 0 Å². The van der Waals surface area contributed by atoms with Crippen LogP contribution >= 0.6 is 0 Å². The van der Waals surface area contributed by atoms with Gasteiger partial charge in [0.15, 0.2) is 0 Å². The van der Waals surface area contributed by atoms with Crippen LogP contribution in [0.5, 0.6) is 5.75 Å². The average Bonchev–Trinajstić information content (AvgIpc) is 2.87. The Hall–Kier alpha value is -2.40. The van der Waals surface area contributed by atoms with Crippen LogP contribution in [0, 0.1) is 5.82 Å². The lowest BCUT2D eigenvalue weighted by Gasteiger charge is -2.12. The van der Waals surface area contributed by atoms with Crippen molar-refractivity contribution in [2.75, 3.05) is 7.11 Å². The van der Waals surface area contributed by atoms with Crippen molar-refractivity contribution in [2.24, 2.45) is 5.73 Å². The summed E-state index contributed by atoms with van der Waals surface area (Å²) in [6.07, 6.45) is 0. The zero-order valence-electron chi connectivity index (χ0n) is 12.6. The Morgan fingerprint density at radius 2 is 2.05 bits per heavy atom. The van der Waals surface area contributed by atoms with Gasteiger partial charge in [-0.3, -0.25) is 0 Å². The first kappa shape index (κ1) is 14.5. The summed E-state index contributed by atoms with van der Waals surface area (Å²) in [5, 5.41) is 0. The molecule has 1 heterocycles. The lowest BCUT2D eigenvalue weighted by atomic mass is 10.2. The third-order valence-corrected chi connectivity index (χ3v) is 3.68. The van der Waals surface area contributed by atoms with E-state index in [0.29, 0.717) is 12.1 Å². The van der Waals surface area contributed by atoms with E-state index in [-0.39, 0.29) is 11.9 Å². The second-order valence-corrected chi connectivity index (χ2v) is 5.29. The van der Waals surface area contributed by atoms with E-state index < -0.39 is 0 Å². The number of ether oxygens (including phenoxy) is 1. The molecule has 5 heteroatoms. The topological polar surface area (TPSA) is 53.1 Å². The molecule has 0 radical (unpaired) electrons. The van der Waals surface area contributed by atoms with E-state index in [0.717, 1.165) is 22.6 Å². The predicted octanol–water partition coefficient (Wildman–Crippen LogP) is 3.25. The van der Waals surface area contributed by atoms with Crippen molar-refractivity contribution in [1.82, 2.24) is 9.55 Å². The summed E-state index contributed by atoms with van der Waals surface area (Å²) in [6, 6.07) is 12.2. The van der Waals surface area contributed by atoms with Gasteiger partial charge >= 0.3 is 0 Å². The highest BCUT2D eigenvalue weighted by Gasteiger charge is 2.16. The number of methoxy groups -OCH3 is 1. The SMILES string of the molecule is COc1ccc2c(c1)nc(C(C)N)n2Cc1ccccc1F. The van der Waals surface area contributed by atoms with E-state index in [2.05, 4.69) is 4.98 Å². The fraction of sp³-hybridized carbons (Fsp3) is 0.235. The van der Waals surface area contributed by atoms with Crippen LogP contribution in [0.25, 0.3) is 11.0 Å². The van der Waals surface area contributed by atoms with E-state index in [9.17, 15) is 4.39 Å². The molecule has 1 unspecified atom stereocenters. The Morgan fingerprint density at radius 3 is 2.73 bits per heavy atom. The molecule has 0 saturated heterocycles. The molecule has 3 rings (SSSR count). The van der Waals surface area contributed by atoms with Crippen molar-refractivity contribution in [3.8, 4) is 5.75 Å². The van der Waals surface area contributed by atoms with Crippen molar-refractivity contribution >= 4 is 11.0 Å². The lowest BCUT2D eigenvalue weighted by molar-refractivity contribution is 0.415. The van der Waals surface area contributed by atoms with E-state index in [4.69, 9.17) is 10.5 Å². The van der Waals surface area contributed by atoms with Crippen LogP contribution in [-0.4, -0.2) is 16.7 Å². The lowest BCUT2D eigenvalue weighted by Crippen LogP contribution is -2.14. The van der Waals surface area contributed by atoms with Gasteiger partial charge in [0.05, 0.1) is 30.7 Å². The average molecular weight is 299 g/mol. The normalized spacial score (nSPS) is 12.5. The number of aromatic nitrogens is 2. The molecule has 1 atom stereocenters. The Bertz CT molecular complexity index is 811. The Labute approximate surface area is 128 Å². The second kappa shape index (κ2) is 5.77. The quantitative estimate of drug-likeness (QED) is 0.804. The molecular formula is C17H18FN3O. The minimum Gasteiger partial charge on any atom is -0.497 e. The molecule has 2 N–H and O–H groups in total. The summed E-state index contributed by atoms with van der Waals surface area (Å²) in [7, 11) is 1.62. The number of fused-ring (bicyclic) bond motifs is 1. The van der Waals surface area contributed by atoms with E-state index in [1.807, 2.05) is 35.8 Å². The molecule has 3 aromatic rings. The van der Waals surface area contributed by atoms with Crippen LogP contribution in [0.15, 0.2) is 42.5 Å². The summed E-state index contributed by atoms with van der Waals surface area (Å²) in [5.41, 5.74) is 8.35. The summed E-state index contributed by atoms with van der Waals surface area (Å²) in [6.45, 7) is 2.27. The maximum atomic E-state index is 13.9.